The first kappa shape index (κ1) is 21.9. The van der Waals surface area contributed by atoms with Crippen LogP contribution < -0.4 is 10.9 Å². The van der Waals surface area contributed by atoms with E-state index in [0.717, 1.165) is 23.9 Å². The van der Waals surface area contributed by atoms with Crippen LogP contribution in [0.5, 0.6) is 0 Å². The Labute approximate surface area is 190 Å². The quantitative estimate of drug-likeness (QED) is 0.382. The normalized spacial score (nSPS) is 14.6. The fourth-order valence-electron chi connectivity index (χ4n) is 4.19. The van der Waals surface area contributed by atoms with E-state index in [4.69, 9.17) is 4.98 Å². The third-order valence-corrected chi connectivity index (χ3v) is 5.91. The van der Waals surface area contributed by atoms with Gasteiger partial charge in [-0.15, -0.1) is 12.4 Å². The van der Waals surface area contributed by atoms with Crippen LogP contribution in [0.3, 0.4) is 0 Å². The van der Waals surface area contributed by atoms with Crippen LogP contribution in [0.2, 0.25) is 0 Å². The van der Waals surface area contributed by atoms with Crippen LogP contribution >= 0.6 is 12.4 Å². The zero-order valence-corrected chi connectivity index (χ0v) is 18.2. The zero-order chi connectivity index (χ0) is 21.4. The minimum atomic E-state index is -0.266. The third kappa shape index (κ3) is 3.97. The van der Waals surface area contributed by atoms with Gasteiger partial charge in [-0.1, -0.05) is 30.3 Å². The minimum Gasteiger partial charge on any atom is -0.351 e. The van der Waals surface area contributed by atoms with Crippen molar-refractivity contribution < 1.29 is 9.59 Å². The lowest BCUT2D eigenvalue weighted by molar-refractivity contribution is -0.121. The Morgan fingerprint density at radius 2 is 1.75 bits per heavy atom. The number of benzene rings is 2. The predicted octanol–water partition coefficient (Wildman–Crippen LogP) is 2.82. The number of ketones is 1. The molecular formula is C24H23ClN4O3. The number of nitrogens with zero attached hydrogens (tertiary/aromatic N) is 3. The number of carbonyl (C=O) groups is 2. The van der Waals surface area contributed by atoms with E-state index >= 15 is 0 Å². The van der Waals surface area contributed by atoms with E-state index in [0.29, 0.717) is 53.8 Å². The Balaban J connectivity index is 0.00000245. The van der Waals surface area contributed by atoms with Gasteiger partial charge in [-0.3, -0.25) is 18.8 Å². The molecule has 164 valence electrons. The van der Waals surface area contributed by atoms with Gasteiger partial charge in [-0.2, -0.15) is 0 Å². The van der Waals surface area contributed by atoms with Crippen LogP contribution in [0.25, 0.3) is 27.3 Å². The van der Waals surface area contributed by atoms with Gasteiger partial charge in [0, 0.05) is 50.6 Å². The molecule has 5 rings (SSSR count). The molecule has 1 amide bonds. The fraction of sp³-hybridized carbons (Fsp3) is 0.250. The molecule has 1 fully saturated rings. The standard InChI is InChI=1S/C24H22N4O3.ClH/c29-17-9-13-27(14-10-17)15-11-25-23(30)20-6-3-12-28-22(20)26-21-18-5-2-1-4-16(18)7-8-19(21)24(28)31;/h1-8,12H,9-11,13-15H2,(H,25,30);1H. The molecule has 1 saturated heterocycles. The number of pyridine rings is 1. The van der Waals surface area contributed by atoms with Crippen LogP contribution in [0.4, 0.5) is 0 Å². The first-order valence-electron chi connectivity index (χ1n) is 10.5. The third-order valence-electron chi connectivity index (χ3n) is 5.91. The Morgan fingerprint density at radius 1 is 0.969 bits per heavy atom. The highest BCUT2D eigenvalue weighted by atomic mass is 35.5. The molecule has 0 unspecified atom stereocenters. The Morgan fingerprint density at radius 3 is 2.56 bits per heavy atom. The summed E-state index contributed by atoms with van der Waals surface area (Å²) in [4.78, 5) is 44.3. The first-order chi connectivity index (χ1) is 15.1. The van der Waals surface area contributed by atoms with Gasteiger partial charge >= 0.3 is 0 Å². The molecule has 0 atom stereocenters. The average Bonchev–Trinajstić information content (AvgIpc) is 2.80. The van der Waals surface area contributed by atoms with Crippen LogP contribution in [0.1, 0.15) is 23.2 Å². The van der Waals surface area contributed by atoms with Crippen LogP contribution in [0, 0.1) is 0 Å². The zero-order valence-electron chi connectivity index (χ0n) is 17.4. The van der Waals surface area contributed by atoms with Crippen LogP contribution in [-0.4, -0.2) is 52.2 Å². The summed E-state index contributed by atoms with van der Waals surface area (Å²) in [7, 11) is 0. The first-order valence-corrected chi connectivity index (χ1v) is 10.5. The number of halogens is 1. The van der Waals surface area contributed by atoms with Gasteiger partial charge in [0.1, 0.15) is 5.78 Å². The largest absolute Gasteiger partial charge is 0.351 e. The summed E-state index contributed by atoms with van der Waals surface area (Å²) < 4.78 is 1.43. The molecule has 0 bridgehead atoms. The summed E-state index contributed by atoms with van der Waals surface area (Å²) in [6, 6.07) is 14.9. The average molecular weight is 451 g/mol. The maximum Gasteiger partial charge on any atom is 0.265 e. The molecule has 1 aliphatic heterocycles. The van der Waals surface area contributed by atoms with E-state index in [-0.39, 0.29) is 23.9 Å². The van der Waals surface area contributed by atoms with E-state index in [9.17, 15) is 14.4 Å². The number of aromatic nitrogens is 2. The molecule has 2 aromatic heterocycles. The number of rotatable bonds is 4. The van der Waals surface area contributed by atoms with Crippen molar-refractivity contribution in [1.82, 2.24) is 19.6 Å². The van der Waals surface area contributed by atoms with Crippen molar-refractivity contribution in [3.8, 4) is 0 Å². The van der Waals surface area contributed by atoms with E-state index in [1.54, 1.807) is 24.4 Å². The predicted molar refractivity (Wildman–Crippen MR) is 127 cm³/mol. The van der Waals surface area contributed by atoms with Crippen molar-refractivity contribution in [2.24, 2.45) is 0 Å². The maximum atomic E-state index is 13.1. The van der Waals surface area contributed by atoms with Gasteiger partial charge in [0.05, 0.1) is 16.5 Å². The lowest BCUT2D eigenvalue weighted by Gasteiger charge is -2.25. The lowest BCUT2D eigenvalue weighted by atomic mass is 10.1. The number of hydrogen-bond donors (Lipinski definition) is 1. The fourth-order valence-corrected chi connectivity index (χ4v) is 4.19. The molecule has 3 heterocycles. The molecule has 2 aromatic carbocycles. The molecule has 4 aromatic rings. The number of likely N-dealkylation sites (tertiary alicyclic amines) is 1. The molecular weight excluding hydrogens is 428 g/mol. The Kier molecular flexibility index (Phi) is 6.21. The van der Waals surface area contributed by atoms with E-state index in [2.05, 4.69) is 10.2 Å². The SMILES string of the molecule is Cl.O=C1CCN(CCNC(=O)c2cccn3c(=O)c4ccc5ccccc5c4nc23)CC1. The summed E-state index contributed by atoms with van der Waals surface area (Å²) in [5, 5.41) is 5.33. The highest BCUT2D eigenvalue weighted by molar-refractivity contribution is 6.07. The molecule has 8 heteroatoms. The second kappa shape index (κ2) is 9.06. The number of fused-ring (bicyclic) bond motifs is 4. The molecule has 1 aliphatic rings. The lowest BCUT2D eigenvalue weighted by Crippen LogP contribution is -2.39. The summed E-state index contributed by atoms with van der Waals surface area (Å²) in [6.45, 7) is 2.62. The highest BCUT2D eigenvalue weighted by Crippen LogP contribution is 2.23. The van der Waals surface area contributed by atoms with Gasteiger partial charge < -0.3 is 10.2 Å². The van der Waals surface area contributed by atoms with Crippen molar-refractivity contribution in [2.45, 2.75) is 12.8 Å². The van der Waals surface area contributed by atoms with Crippen molar-refractivity contribution in [2.75, 3.05) is 26.2 Å². The monoisotopic (exact) mass is 450 g/mol. The van der Waals surface area contributed by atoms with Crippen molar-refractivity contribution in [3.63, 3.8) is 0 Å². The molecule has 0 saturated carbocycles. The van der Waals surface area contributed by atoms with Gasteiger partial charge in [-0.25, -0.2) is 4.98 Å². The highest BCUT2D eigenvalue weighted by Gasteiger charge is 2.18. The van der Waals surface area contributed by atoms with Crippen LogP contribution in [0.15, 0.2) is 59.5 Å². The molecule has 0 spiro atoms. The topological polar surface area (TPSA) is 83.8 Å². The van der Waals surface area contributed by atoms with E-state index < -0.39 is 0 Å². The summed E-state index contributed by atoms with van der Waals surface area (Å²) >= 11 is 0. The Bertz CT molecular complexity index is 1390. The maximum absolute atomic E-state index is 13.1. The smallest absolute Gasteiger partial charge is 0.265 e. The number of Topliss-reactive ketones (excluding diaryl/α,β-unsaturated/α-hetero) is 1. The molecule has 1 N–H and O–H groups in total. The molecule has 0 radical (unpaired) electrons. The Hall–Kier alpha value is -3.29. The molecule has 7 nitrogen and oxygen atoms in total. The minimum absolute atomic E-state index is 0. The molecule has 32 heavy (non-hydrogen) atoms. The number of nitrogens with one attached hydrogen (secondary N) is 1. The van der Waals surface area contributed by atoms with Crippen molar-refractivity contribution in [1.29, 1.82) is 0 Å². The van der Waals surface area contributed by atoms with E-state index in [1.165, 1.54) is 4.40 Å². The van der Waals surface area contributed by atoms with Gasteiger partial charge in [0.25, 0.3) is 11.5 Å². The van der Waals surface area contributed by atoms with Gasteiger partial charge in [0.2, 0.25) is 0 Å². The second-order valence-electron chi connectivity index (χ2n) is 7.85. The number of piperidine rings is 1. The number of carbonyl (C=O) groups excluding carboxylic acids is 2. The summed E-state index contributed by atoms with van der Waals surface area (Å²) in [6.07, 6.45) is 2.79. The second-order valence-corrected chi connectivity index (χ2v) is 7.85. The molecule has 0 aliphatic carbocycles. The van der Waals surface area contributed by atoms with Gasteiger partial charge in [-0.05, 0) is 23.6 Å². The van der Waals surface area contributed by atoms with Crippen molar-refractivity contribution >= 4 is 51.4 Å². The van der Waals surface area contributed by atoms with Crippen LogP contribution in [-0.2, 0) is 4.79 Å². The number of amides is 1. The number of hydrogen-bond acceptors (Lipinski definition) is 5. The summed E-state index contributed by atoms with van der Waals surface area (Å²) in [5.74, 6) is 0.0324. The van der Waals surface area contributed by atoms with E-state index in [1.807, 2.05) is 30.3 Å². The van der Waals surface area contributed by atoms with Crippen molar-refractivity contribution in [3.05, 3.63) is 70.6 Å². The summed E-state index contributed by atoms with van der Waals surface area (Å²) in [5.41, 5.74) is 1.11. The van der Waals surface area contributed by atoms with Gasteiger partial charge in [0.15, 0.2) is 5.65 Å².